The van der Waals surface area contributed by atoms with Gasteiger partial charge in [0.25, 0.3) is 0 Å². The van der Waals surface area contributed by atoms with Crippen molar-refractivity contribution in [1.29, 1.82) is 0 Å². The van der Waals surface area contributed by atoms with Gasteiger partial charge >= 0.3 is 5.97 Å². The number of anilines is 1. The molecule has 2 aromatic rings. The molecule has 0 bridgehead atoms. The summed E-state index contributed by atoms with van der Waals surface area (Å²) in [5.74, 6) is 0.616. The Hall–Kier alpha value is -3.86. The molecule has 166 valence electrons. The van der Waals surface area contributed by atoms with Crippen LogP contribution in [0.15, 0.2) is 65.1 Å². The van der Waals surface area contributed by atoms with Crippen LogP contribution in [0.5, 0.6) is 0 Å². The van der Waals surface area contributed by atoms with Crippen LogP contribution in [0.4, 0.5) is 5.69 Å². The quantitative estimate of drug-likeness (QED) is 0.350. The van der Waals surface area contributed by atoms with Crippen molar-refractivity contribution in [2.75, 3.05) is 18.8 Å². The molecule has 0 saturated heterocycles. The molecule has 5 nitrogen and oxygen atoms in total. The Morgan fingerprint density at radius 3 is 2.48 bits per heavy atom. The Bertz CT molecular complexity index is 1430. The van der Waals surface area contributed by atoms with Crippen molar-refractivity contribution in [1.82, 2.24) is 4.58 Å². The topological polar surface area (TPSA) is 79.5 Å². The highest BCUT2D eigenvalue weighted by Gasteiger charge is 2.28. The molecular weight excluding hydrogens is 412 g/mol. The zero-order chi connectivity index (χ0) is 23.1. The highest BCUT2D eigenvalue weighted by Crippen LogP contribution is 2.46. The first-order valence-electron chi connectivity index (χ1n) is 11.4. The van der Waals surface area contributed by atoms with Gasteiger partial charge < -0.3 is 15.3 Å². The second-order valence-electron chi connectivity index (χ2n) is 8.40. The standard InChI is InChI=1S/C28H26N2O3/c1-3-30(4-2)19-11-14-23-25(16-19)33-27-20-13-10-18(29)15-17(20)9-12-24(27)26(23)21-7-5-6-8-22(21)28(31)32/h5-8,10-11,13-16,29H,3-4,9,12H2,1-2H3,(H,31,32)/p+1. The predicted octanol–water partition coefficient (Wildman–Crippen LogP) is 4.91. The summed E-state index contributed by atoms with van der Waals surface area (Å²) in [6, 6.07) is 19.4. The van der Waals surface area contributed by atoms with Crippen molar-refractivity contribution in [3.63, 3.8) is 0 Å². The Labute approximate surface area is 192 Å². The molecule has 3 N–H and O–H groups in total. The molecule has 2 aliphatic carbocycles. The van der Waals surface area contributed by atoms with Crippen LogP contribution in [0.3, 0.4) is 0 Å². The van der Waals surface area contributed by atoms with E-state index in [1.807, 2.05) is 30.3 Å². The van der Waals surface area contributed by atoms with Gasteiger partial charge in [-0.2, -0.15) is 0 Å². The number of nitrogen functional groups attached to an aromatic ring is 1. The van der Waals surface area contributed by atoms with Gasteiger partial charge in [0, 0.05) is 34.0 Å². The third-order valence-corrected chi connectivity index (χ3v) is 6.60. The monoisotopic (exact) mass is 439 g/mol. The predicted molar refractivity (Wildman–Crippen MR) is 131 cm³/mol. The average Bonchev–Trinajstić information content (AvgIpc) is 2.83. The largest absolute Gasteiger partial charge is 0.478 e. The van der Waals surface area contributed by atoms with Crippen molar-refractivity contribution < 1.29 is 14.3 Å². The molecule has 5 rings (SSSR count). The fourth-order valence-electron chi connectivity index (χ4n) is 4.99. The van der Waals surface area contributed by atoms with Crippen LogP contribution in [-0.2, 0) is 12.8 Å². The number of nitrogens with two attached hydrogens (primary N) is 1. The Morgan fingerprint density at radius 2 is 1.73 bits per heavy atom. The number of aryl methyl sites for hydroxylation is 1. The van der Waals surface area contributed by atoms with Gasteiger partial charge in [-0.15, -0.1) is 0 Å². The average molecular weight is 440 g/mol. The number of carboxylic acids is 1. The van der Waals surface area contributed by atoms with E-state index in [1.165, 1.54) is 0 Å². The van der Waals surface area contributed by atoms with Gasteiger partial charge in [-0.05, 0) is 68.1 Å². The van der Waals surface area contributed by atoms with Crippen LogP contribution in [0.25, 0.3) is 33.8 Å². The first kappa shape index (κ1) is 21.0. The number of nitrogens with zero attached hydrogens (tertiary/aromatic N) is 1. The second-order valence-corrected chi connectivity index (χ2v) is 8.40. The molecule has 0 aromatic heterocycles. The number of hydrogen-bond acceptors (Lipinski definition) is 3. The lowest BCUT2D eigenvalue weighted by molar-refractivity contribution is 0.0697. The van der Waals surface area contributed by atoms with Gasteiger partial charge in [0.1, 0.15) is 24.6 Å². The first-order chi connectivity index (χ1) is 16.0. The van der Waals surface area contributed by atoms with Crippen molar-refractivity contribution >= 4 is 11.7 Å². The van der Waals surface area contributed by atoms with E-state index in [-0.39, 0.29) is 0 Å². The minimum atomic E-state index is -0.933. The summed E-state index contributed by atoms with van der Waals surface area (Å²) in [5.41, 5.74) is 12.9. The van der Waals surface area contributed by atoms with Crippen molar-refractivity contribution in [3.8, 4) is 33.8 Å². The minimum Gasteiger partial charge on any atom is -0.478 e. The highest BCUT2D eigenvalue weighted by molar-refractivity contribution is 6.00. The van der Waals surface area contributed by atoms with E-state index in [4.69, 9.17) is 10.2 Å². The van der Waals surface area contributed by atoms with Crippen LogP contribution in [0.1, 0.15) is 35.3 Å². The van der Waals surface area contributed by atoms with Gasteiger partial charge in [0.05, 0.1) is 11.6 Å². The van der Waals surface area contributed by atoms with E-state index in [0.29, 0.717) is 5.56 Å². The third-order valence-electron chi connectivity index (χ3n) is 6.60. The molecule has 33 heavy (non-hydrogen) atoms. The maximum absolute atomic E-state index is 12.1. The Morgan fingerprint density at radius 1 is 0.970 bits per heavy atom. The molecule has 5 heteroatoms. The molecule has 0 atom stereocenters. The van der Waals surface area contributed by atoms with Crippen LogP contribution in [0.2, 0.25) is 0 Å². The lowest BCUT2D eigenvalue weighted by atomic mass is 9.82. The third kappa shape index (κ3) is 3.50. The van der Waals surface area contributed by atoms with Gasteiger partial charge in [0.2, 0.25) is 5.36 Å². The molecule has 3 aliphatic rings. The van der Waals surface area contributed by atoms with Crippen molar-refractivity contribution in [2.45, 2.75) is 26.7 Å². The van der Waals surface area contributed by atoms with E-state index in [2.05, 4.69) is 36.6 Å². The summed E-state index contributed by atoms with van der Waals surface area (Å²) >= 11 is 0. The fourth-order valence-corrected chi connectivity index (χ4v) is 4.99. The van der Waals surface area contributed by atoms with E-state index in [9.17, 15) is 9.90 Å². The van der Waals surface area contributed by atoms with E-state index in [0.717, 1.165) is 81.9 Å². The summed E-state index contributed by atoms with van der Waals surface area (Å²) in [4.78, 5) is 12.1. The fraction of sp³-hybridized carbons (Fsp3) is 0.214. The van der Waals surface area contributed by atoms with Crippen LogP contribution in [0, 0.1) is 0 Å². The molecule has 1 heterocycles. The highest BCUT2D eigenvalue weighted by atomic mass is 16.4. The number of fused-ring (bicyclic) bond motifs is 4. The van der Waals surface area contributed by atoms with Gasteiger partial charge in [-0.3, -0.25) is 0 Å². The van der Waals surface area contributed by atoms with E-state index < -0.39 is 5.97 Å². The second kappa shape index (κ2) is 8.24. The molecule has 0 saturated carbocycles. The van der Waals surface area contributed by atoms with Crippen LogP contribution < -0.4 is 15.7 Å². The summed E-state index contributed by atoms with van der Waals surface area (Å²) in [7, 11) is 0. The zero-order valence-electron chi connectivity index (χ0n) is 18.9. The number of carboxylic acid groups (broad SMARTS) is 1. The smallest absolute Gasteiger partial charge is 0.336 e. The van der Waals surface area contributed by atoms with Gasteiger partial charge in [0.15, 0.2) is 0 Å². The van der Waals surface area contributed by atoms with E-state index >= 15 is 0 Å². The molecule has 2 aromatic carbocycles. The number of carbonyl (C=O) groups is 1. The molecule has 0 unspecified atom stereocenters. The number of aromatic carboxylic acids is 1. The minimum absolute atomic E-state index is 0.295. The number of rotatable bonds is 4. The van der Waals surface area contributed by atoms with Gasteiger partial charge in [-0.1, -0.05) is 18.2 Å². The Kier molecular flexibility index (Phi) is 5.25. The number of benzene rings is 3. The molecule has 1 aliphatic heterocycles. The van der Waals surface area contributed by atoms with Crippen molar-refractivity contribution in [2.24, 2.45) is 0 Å². The number of hydrogen-bond donors (Lipinski definition) is 2. The summed E-state index contributed by atoms with van der Waals surface area (Å²) < 4.78 is 8.85. The molecule has 0 spiro atoms. The Balaban J connectivity index is 1.92. The molecule has 0 radical (unpaired) electrons. The maximum Gasteiger partial charge on any atom is 0.336 e. The molecular formula is C28H27N2O3+. The van der Waals surface area contributed by atoms with Crippen LogP contribution in [-0.4, -0.2) is 24.2 Å². The summed E-state index contributed by atoms with van der Waals surface area (Å²) in [6.07, 6.45) is 1.58. The lowest BCUT2D eigenvalue weighted by Crippen LogP contribution is -2.29. The normalized spacial score (nSPS) is 12.3. The van der Waals surface area contributed by atoms with Gasteiger partial charge in [-0.25, -0.2) is 9.37 Å². The molecule has 0 fully saturated rings. The van der Waals surface area contributed by atoms with E-state index in [1.54, 1.807) is 12.1 Å². The maximum atomic E-state index is 12.1. The lowest BCUT2D eigenvalue weighted by Gasteiger charge is -2.25. The summed E-state index contributed by atoms with van der Waals surface area (Å²) in [6.45, 7) is 6.05. The molecule has 0 amide bonds. The first-order valence-corrected chi connectivity index (χ1v) is 11.4. The summed E-state index contributed by atoms with van der Waals surface area (Å²) in [5, 5.41) is 11.0. The zero-order valence-corrected chi connectivity index (χ0v) is 18.9. The SMILES string of the molecule is CC[N+](CC)=c1ccc2c(-c3ccccc3C(=O)O)c3c(oc-2c1)-c1ccc(N)cc1CC3. The van der Waals surface area contributed by atoms with Crippen LogP contribution >= 0.6 is 0 Å². The van der Waals surface area contributed by atoms with Crippen molar-refractivity contribution in [3.05, 3.63) is 82.7 Å².